The number of nitrogens with zero attached hydrogens (tertiary/aromatic N) is 1. The average Bonchev–Trinajstić information content (AvgIpc) is 2.80. The highest BCUT2D eigenvalue weighted by Crippen LogP contribution is 2.41. The summed E-state index contributed by atoms with van der Waals surface area (Å²) in [6.45, 7) is -1.28. The maximum Gasteiger partial charge on any atom is 0.422 e. The molecule has 1 aliphatic rings. The molecule has 2 aromatic rings. The van der Waals surface area contributed by atoms with E-state index in [2.05, 4.69) is 4.98 Å². The monoisotopic (exact) mass is 322 g/mol. The van der Waals surface area contributed by atoms with Crippen LogP contribution in [0.5, 0.6) is 5.75 Å². The summed E-state index contributed by atoms with van der Waals surface area (Å²) >= 11 is 1.40. The quantitative estimate of drug-likeness (QED) is 0.783. The van der Waals surface area contributed by atoms with E-state index < -0.39 is 12.8 Å². The zero-order chi connectivity index (χ0) is 13.6. The summed E-state index contributed by atoms with van der Waals surface area (Å²) in [4.78, 5) is 5.27. The third kappa shape index (κ3) is 2.83. The fourth-order valence-corrected chi connectivity index (χ4v) is 2.94. The second kappa shape index (κ2) is 5.14. The van der Waals surface area contributed by atoms with Gasteiger partial charge in [0.05, 0.1) is 5.69 Å². The van der Waals surface area contributed by atoms with Crippen LogP contribution in [0.3, 0.4) is 0 Å². The van der Waals surface area contributed by atoms with Crippen LogP contribution >= 0.6 is 23.7 Å². The Morgan fingerprint density at radius 3 is 2.80 bits per heavy atom. The summed E-state index contributed by atoms with van der Waals surface area (Å²) < 4.78 is 41.0. The molecule has 1 aromatic heterocycles. The number of halogens is 4. The van der Waals surface area contributed by atoms with Gasteiger partial charge in [0, 0.05) is 16.9 Å². The Kier molecular flexibility index (Phi) is 3.84. The Bertz CT molecular complexity index is 642. The molecule has 0 spiro atoms. The molecule has 3 rings (SSSR count). The summed E-state index contributed by atoms with van der Waals surface area (Å²) in [5.41, 5.74) is 8.31. The Labute approximate surface area is 123 Å². The van der Waals surface area contributed by atoms with Gasteiger partial charge in [0.25, 0.3) is 0 Å². The van der Waals surface area contributed by atoms with Crippen LogP contribution in [-0.2, 0) is 6.42 Å². The minimum Gasteiger partial charge on any atom is -0.484 e. The lowest BCUT2D eigenvalue weighted by atomic mass is 10.1. The summed E-state index contributed by atoms with van der Waals surface area (Å²) in [5, 5.41) is 0.507. The smallest absolute Gasteiger partial charge is 0.422 e. The molecule has 0 unspecified atom stereocenters. The normalized spacial score (nSPS) is 12.6. The topological polar surface area (TPSA) is 48.1 Å². The van der Waals surface area contributed by atoms with Gasteiger partial charge in [-0.3, -0.25) is 0 Å². The average molecular weight is 323 g/mol. The molecule has 1 aromatic carbocycles. The first kappa shape index (κ1) is 14.9. The van der Waals surface area contributed by atoms with E-state index >= 15 is 0 Å². The number of fused-ring (bicyclic) bond motifs is 3. The molecule has 0 bridgehead atoms. The summed E-state index contributed by atoms with van der Waals surface area (Å²) in [6.07, 6.45) is -3.68. The van der Waals surface area contributed by atoms with Gasteiger partial charge >= 0.3 is 6.18 Å². The van der Waals surface area contributed by atoms with Crippen molar-refractivity contribution in [1.29, 1.82) is 0 Å². The van der Waals surface area contributed by atoms with Crippen LogP contribution in [0, 0.1) is 0 Å². The standard InChI is InChI=1S/C12H9F3N2OS.ClH/c13-12(14,15)5-18-7-1-2-8-6(3-7)4-9-10(8)17-11(16)19-9;/h1-3H,4-5H2,(H2,16,17);1H. The Morgan fingerprint density at radius 2 is 2.10 bits per heavy atom. The maximum absolute atomic E-state index is 12.1. The maximum atomic E-state index is 12.1. The van der Waals surface area contributed by atoms with Crippen LogP contribution in [0.1, 0.15) is 10.4 Å². The molecule has 20 heavy (non-hydrogen) atoms. The van der Waals surface area contributed by atoms with E-state index in [1.165, 1.54) is 17.4 Å². The van der Waals surface area contributed by atoms with Crippen molar-refractivity contribution in [3.8, 4) is 17.0 Å². The number of alkyl halides is 3. The molecule has 0 amide bonds. The largest absolute Gasteiger partial charge is 0.484 e. The minimum absolute atomic E-state index is 0. The molecule has 1 aliphatic carbocycles. The first-order valence-electron chi connectivity index (χ1n) is 5.50. The van der Waals surface area contributed by atoms with Crippen molar-refractivity contribution in [1.82, 2.24) is 4.98 Å². The highest BCUT2D eigenvalue weighted by atomic mass is 35.5. The van der Waals surface area contributed by atoms with Crippen molar-refractivity contribution in [3.63, 3.8) is 0 Å². The predicted molar refractivity (Wildman–Crippen MR) is 73.6 cm³/mol. The number of rotatable bonds is 2. The van der Waals surface area contributed by atoms with Gasteiger partial charge in [-0.1, -0.05) is 0 Å². The van der Waals surface area contributed by atoms with Crippen molar-refractivity contribution in [2.75, 3.05) is 12.3 Å². The SMILES string of the molecule is Cl.Nc1nc2c(s1)Cc1cc(OCC(F)(F)F)ccc1-2. The highest BCUT2D eigenvalue weighted by Gasteiger charge is 2.29. The number of hydrogen-bond acceptors (Lipinski definition) is 4. The Morgan fingerprint density at radius 1 is 1.35 bits per heavy atom. The van der Waals surface area contributed by atoms with Crippen LogP contribution in [-0.4, -0.2) is 17.8 Å². The zero-order valence-electron chi connectivity index (χ0n) is 10.0. The highest BCUT2D eigenvalue weighted by molar-refractivity contribution is 7.15. The van der Waals surface area contributed by atoms with Crippen LogP contribution in [0.4, 0.5) is 18.3 Å². The number of thiazole rings is 1. The lowest BCUT2D eigenvalue weighted by Crippen LogP contribution is -2.19. The fraction of sp³-hybridized carbons (Fsp3) is 0.250. The lowest BCUT2D eigenvalue weighted by molar-refractivity contribution is -0.153. The van der Waals surface area contributed by atoms with Crippen LogP contribution < -0.4 is 10.5 Å². The van der Waals surface area contributed by atoms with Gasteiger partial charge in [-0.25, -0.2) is 4.98 Å². The molecule has 0 aliphatic heterocycles. The second-order valence-electron chi connectivity index (χ2n) is 4.22. The van der Waals surface area contributed by atoms with E-state index in [0.717, 1.165) is 21.7 Å². The van der Waals surface area contributed by atoms with Crippen molar-refractivity contribution in [2.45, 2.75) is 12.6 Å². The molecule has 0 fully saturated rings. The summed E-state index contributed by atoms with van der Waals surface area (Å²) in [5.74, 6) is 0.221. The van der Waals surface area contributed by atoms with Gasteiger partial charge in [-0.2, -0.15) is 13.2 Å². The molecule has 2 N–H and O–H groups in total. The van der Waals surface area contributed by atoms with E-state index in [1.807, 2.05) is 0 Å². The van der Waals surface area contributed by atoms with E-state index in [-0.39, 0.29) is 18.2 Å². The third-order valence-electron chi connectivity index (χ3n) is 2.80. The van der Waals surface area contributed by atoms with Crippen LogP contribution in [0.2, 0.25) is 0 Å². The number of aromatic nitrogens is 1. The molecule has 1 heterocycles. The number of hydrogen-bond donors (Lipinski definition) is 1. The third-order valence-corrected chi connectivity index (χ3v) is 3.68. The Hall–Kier alpha value is -1.47. The second-order valence-corrected chi connectivity index (χ2v) is 5.34. The first-order valence-corrected chi connectivity index (χ1v) is 6.32. The van der Waals surface area contributed by atoms with Gasteiger partial charge in [0.2, 0.25) is 0 Å². The van der Waals surface area contributed by atoms with Gasteiger partial charge in [0.15, 0.2) is 11.7 Å². The molecule has 0 saturated heterocycles. The number of ether oxygens (including phenoxy) is 1. The number of anilines is 1. The fourth-order valence-electron chi connectivity index (χ4n) is 2.08. The molecule has 3 nitrogen and oxygen atoms in total. The van der Waals surface area contributed by atoms with Gasteiger partial charge in [-0.05, 0) is 23.8 Å². The van der Waals surface area contributed by atoms with E-state index in [0.29, 0.717) is 11.6 Å². The van der Waals surface area contributed by atoms with Gasteiger partial charge in [-0.15, -0.1) is 23.7 Å². The van der Waals surface area contributed by atoms with Crippen molar-refractivity contribution < 1.29 is 17.9 Å². The van der Waals surface area contributed by atoms with Crippen molar-refractivity contribution in [3.05, 3.63) is 28.6 Å². The molecule has 0 atom stereocenters. The number of nitrogen functional groups attached to an aromatic ring is 1. The summed E-state index contributed by atoms with van der Waals surface area (Å²) in [6, 6.07) is 4.88. The lowest BCUT2D eigenvalue weighted by Gasteiger charge is -2.10. The number of benzene rings is 1. The molecular weight excluding hydrogens is 313 g/mol. The first-order chi connectivity index (χ1) is 8.92. The van der Waals surface area contributed by atoms with E-state index in [4.69, 9.17) is 10.5 Å². The molecule has 8 heteroatoms. The van der Waals surface area contributed by atoms with Crippen molar-refractivity contribution in [2.24, 2.45) is 0 Å². The van der Waals surface area contributed by atoms with E-state index in [9.17, 15) is 13.2 Å². The van der Waals surface area contributed by atoms with Gasteiger partial charge in [0.1, 0.15) is 5.75 Å². The molecular formula is C12H10ClF3N2OS. The Balaban J connectivity index is 0.00000147. The van der Waals surface area contributed by atoms with Crippen LogP contribution in [0.15, 0.2) is 18.2 Å². The van der Waals surface area contributed by atoms with E-state index in [1.54, 1.807) is 12.1 Å². The number of nitrogens with two attached hydrogens (primary N) is 1. The minimum atomic E-state index is -4.33. The molecule has 108 valence electrons. The molecule has 0 saturated carbocycles. The molecule has 0 radical (unpaired) electrons. The predicted octanol–water partition coefficient (Wildman–Crippen LogP) is 3.66. The van der Waals surface area contributed by atoms with Crippen molar-refractivity contribution >= 4 is 28.9 Å². The zero-order valence-corrected chi connectivity index (χ0v) is 11.7. The van der Waals surface area contributed by atoms with Crippen LogP contribution in [0.25, 0.3) is 11.3 Å². The van der Waals surface area contributed by atoms with Gasteiger partial charge < -0.3 is 10.5 Å². The summed E-state index contributed by atoms with van der Waals surface area (Å²) in [7, 11) is 0.